The molecular formula is C25H32F3N5O. The highest BCUT2D eigenvalue weighted by Gasteiger charge is 2.31. The van der Waals surface area contributed by atoms with E-state index in [1.54, 1.807) is 0 Å². The van der Waals surface area contributed by atoms with E-state index in [0.717, 1.165) is 69.7 Å². The van der Waals surface area contributed by atoms with Crippen molar-refractivity contribution >= 4 is 11.6 Å². The predicted octanol–water partition coefficient (Wildman–Crippen LogP) is 3.80. The molecule has 0 spiro atoms. The number of likely N-dealkylation sites (tertiary alicyclic amines) is 1. The number of carbonyl (C=O) groups is 1. The summed E-state index contributed by atoms with van der Waals surface area (Å²) in [6.07, 6.45) is 2.67. The number of hydrogen-bond acceptors (Lipinski definition) is 5. The minimum Gasteiger partial charge on any atom is -0.368 e. The van der Waals surface area contributed by atoms with Crippen molar-refractivity contribution in [3.05, 3.63) is 53.6 Å². The van der Waals surface area contributed by atoms with Crippen LogP contribution >= 0.6 is 0 Å². The van der Waals surface area contributed by atoms with E-state index in [1.165, 1.54) is 12.3 Å². The number of halogens is 3. The van der Waals surface area contributed by atoms with E-state index in [0.29, 0.717) is 24.9 Å². The van der Waals surface area contributed by atoms with Crippen molar-refractivity contribution in [1.29, 1.82) is 0 Å². The molecule has 0 unspecified atom stereocenters. The first-order valence-corrected chi connectivity index (χ1v) is 12.0. The lowest BCUT2D eigenvalue weighted by Crippen LogP contribution is -2.48. The molecule has 4 rings (SSSR count). The van der Waals surface area contributed by atoms with Crippen molar-refractivity contribution in [3.8, 4) is 0 Å². The molecule has 2 saturated heterocycles. The van der Waals surface area contributed by atoms with Gasteiger partial charge in [-0.1, -0.05) is 0 Å². The minimum absolute atomic E-state index is 0.136. The van der Waals surface area contributed by atoms with Gasteiger partial charge in [-0.2, -0.15) is 13.2 Å². The Kier molecular flexibility index (Phi) is 7.70. The van der Waals surface area contributed by atoms with Gasteiger partial charge in [0, 0.05) is 70.3 Å². The molecule has 0 saturated carbocycles. The van der Waals surface area contributed by atoms with Gasteiger partial charge in [-0.05, 0) is 55.9 Å². The molecule has 2 aliphatic rings. The van der Waals surface area contributed by atoms with E-state index in [4.69, 9.17) is 0 Å². The third kappa shape index (κ3) is 6.46. The first-order chi connectivity index (χ1) is 16.3. The lowest BCUT2D eigenvalue weighted by molar-refractivity contribution is -0.138. The van der Waals surface area contributed by atoms with Crippen LogP contribution in [0.25, 0.3) is 0 Å². The fourth-order valence-corrected chi connectivity index (χ4v) is 4.83. The molecule has 1 atom stereocenters. The molecule has 0 aliphatic carbocycles. The van der Waals surface area contributed by atoms with Crippen molar-refractivity contribution in [1.82, 2.24) is 19.8 Å². The molecule has 4 heterocycles. The van der Waals surface area contributed by atoms with Crippen LogP contribution in [0, 0.1) is 12.8 Å². The molecule has 0 N–H and O–H groups in total. The highest BCUT2D eigenvalue weighted by molar-refractivity contribution is 5.76. The number of rotatable bonds is 6. The molecule has 2 fully saturated rings. The van der Waals surface area contributed by atoms with Crippen LogP contribution in [0.15, 0.2) is 36.8 Å². The van der Waals surface area contributed by atoms with Gasteiger partial charge in [0.25, 0.3) is 0 Å². The minimum atomic E-state index is -4.39. The van der Waals surface area contributed by atoms with Crippen molar-refractivity contribution in [2.45, 2.75) is 38.8 Å². The van der Waals surface area contributed by atoms with Crippen LogP contribution in [0.3, 0.4) is 0 Å². The fourth-order valence-electron chi connectivity index (χ4n) is 4.83. The Balaban J connectivity index is 1.22. The highest BCUT2D eigenvalue weighted by atomic mass is 19.4. The number of nitrogens with zero attached hydrogens (tertiary/aromatic N) is 5. The average molecular weight is 476 g/mol. The standard InChI is InChI=1S/C25H32F3N5O/c1-19-4-5-23(17-30-19)32-11-9-31(10-12-32)8-6-24(34)33-7-2-3-20(18-33)13-21-14-22(16-29-15-21)25(26,27)28/h4-5,14-17,20H,2-3,6-13,18H2,1H3/t20-/m1/s1. The van der Waals surface area contributed by atoms with Gasteiger partial charge in [-0.25, -0.2) is 0 Å². The zero-order chi connectivity index (χ0) is 24.1. The van der Waals surface area contributed by atoms with Crippen LogP contribution < -0.4 is 4.90 Å². The molecule has 2 aromatic rings. The Labute approximate surface area is 198 Å². The summed E-state index contributed by atoms with van der Waals surface area (Å²) in [6, 6.07) is 5.31. The zero-order valence-electron chi connectivity index (χ0n) is 19.6. The van der Waals surface area contributed by atoms with Crippen molar-refractivity contribution in [2.24, 2.45) is 5.92 Å². The molecule has 0 bridgehead atoms. The zero-order valence-corrected chi connectivity index (χ0v) is 19.6. The monoisotopic (exact) mass is 475 g/mol. The van der Waals surface area contributed by atoms with E-state index < -0.39 is 11.7 Å². The maximum absolute atomic E-state index is 13.0. The average Bonchev–Trinajstić information content (AvgIpc) is 2.83. The number of pyridine rings is 2. The molecule has 2 aliphatic heterocycles. The Bertz CT molecular complexity index is 958. The van der Waals surface area contributed by atoms with E-state index in [2.05, 4.69) is 25.8 Å². The van der Waals surface area contributed by atoms with Crippen LogP contribution in [-0.2, 0) is 17.4 Å². The molecule has 184 valence electrons. The van der Waals surface area contributed by atoms with Gasteiger partial charge in [0.1, 0.15) is 0 Å². The summed E-state index contributed by atoms with van der Waals surface area (Å²) >= 11 is 0. The molecular weight excluding hydrogens is 443 g/mol. The number of alkyl halides is 3. The lowest BCUT2D eigenvalue weighted by atomic mass is 9.91. The number of aromatic nitrogens is 2. The van der Waals surface area contributed by atoms with Gasteiger partial charge in [0.15, 0.2) is 0 Å². The van der Waals surface area contributed by atoms with Crippen molar-refractivity contribution in [2.75, 3.05) is 50.7 Å². The summed E-state index contributed by atoms with van der Waals surface area (Å²) in [5.74, 6) is 0.298. The molecule has 2 aromatic heterocycles. The molecule has 1 amide bonds. The van der Waals surface area contributed by atoms with Gasteiger partial charge in [0.05, 0.1) is 17.4 Å². The van der Waals surface area contributed by atoms with Crippen LogP contribution in [0.1, 0.15) is 36.1 Å². The van der Waals surface area contributed by atoms with E-state index >= 15 is 0 Å². The molecule has 9 heteroatoms. The van der Waals surface area contributed by atoms with Crippen LogP contribution in [0.5, 0.6) is 0 Å². The number of amides is 1. The van der Waals surface area contributed by atoms with Gasteiger partial charge in [-0.3, -0.25) is 19.7 Å². The Morgan fingerprint density at radius 3 is 2.59 bits per heavy atom. The molecule has 34 heavy (non-hydrogen) atoms. The Morgan fingerprint density at radius 1 is 1.09 bits per heavy atom. The fraction of sp³-hybridized carbons (Fsp3) is 0.560. The highest BCUT2D eigenvalue weighted by Crippen LogP contribution is 2.30. The lowest BCUT2D eigenvalue weighted by Gasteiger charge is -2.37. The molecule has 0 radical (unpaired) electrons. The maximum atomic E-state index is 13.0. The number of hydrogen-bond donors (Lipinski definition) is 0. The van der Waals surface area contributed by atoms with E-state index in [9.17, 15) is 18.0 Å². The number of carbonyl (C=O) groups excluding carboxylic acids is 1. The van der Waals surface area contributed by atoms with Crippen molar-refractivity contribution in [3.63, 3.8) is 0 Å². The summed E-state index contributed by atoms with van der Waals surface area (Å²) in [7, 11) is 0. The van der Waals surface area contributed by atoms with Crippen molar-refractivity contribution < 1.29 is 18.0 Å². The van der Waals surface area contributed by atoms with Crippen LogP contribution in [0.2, 0.25) is 0 Å². The second kappa shape index (κ2) is 10.7. The van der Waals surface area contributed by atoms with Gasteiger partial charge in [-0.15, -0.1) is 0 Å². The summed E-state index contributed by atoms with van der Waals surface area (Å²) in [5.41, 5.74) is 2.01. The predicted molar refractivity (Wildman–Crippen MR) is 124 cm³/mol. The third-order valence-corrected chi connectivity index (χ3v) is 6.79. The molecule has 0 aromatic carbocycles. The largest absolute Gasteiger partial charge is 0.417 e. The first-order valence-electron chi connectivity index (χ1n) is 12.0. The van der Waals surface area contributed by atoms with E-state index in [-0.39, 0.29) is 11.8 Å². The second-order valence-corrected chi connectivity index (χ2v) is 9.37. The maximum Gasteiger partial charge on any atom is 0.417 e. The number of piperazine rings is 1. The number of anilines is 1. The Morgan fingerprint density at radius 2 is 1.88 bits per heavy atom. The molecule has 6 nitrogen and oxygen atoms in total. The SMILES string of the molecule is Cc1ccc(N2CCN(CCC(=O)N3CCC[C@H](Cc4cncc(C(F)(F)F)c4)C3)CC2)cn1. The summed E-state index contributed by atoms with van der Waals surface area (Å²) < 4.78 is 38.9. The van der Waals surface area contributed by atoms with Crippen LogP contribution in [0.4, 0.5) is 18.9 Å². The summed E-state index contributed by atoms with van der Waals surface area (Å²) in [6.45, 7) is 7.68. The van der Waals surface area contributed by atoms with Gasteiger partial charge in [0.2, 0.25) is 5.91 Å². The quantitative estimate of drug-likeness (QED) is 0.636. The smallest absolute Gasteiger partial charge is 0.368 e. The van der Waals surface area contributed by atoms with Crippen LogP contribution in [-0.4, -0.2) is 71.5 Å². The van der Waals surface area contributed by atoms with Gasteiger partial charge < -0.3 is 9.80 Å². The summed E-state index contributed by atoms with van der Waals surface area (Å²) in [5, 5.41) is 0. The van der Waals surface area contributed by atoms with E-state index in [1.807, 2.05) is 24.1 Å². The third-order valence-electron chi connectivity index (χ3n) is 6.79. The Hall–Kier alpha value is -2.68. The number of piperidine rings is 1. The normalized spacial score (nSPS) is 19.9. The van der Waals surface area contributed by atoms with Gasteiger partial charge >= 0.3 is 6.18 Å². The second-order valence-electron chi connectivity index (χ2n) is 9.37. The number of aryl methyl sites for hydroxylation is 1. The first kappa shape index (κ1) is 24.4. The summed E-state index contributed by atoms with van der Waals surface area (Å²) in [4.78, 5) is 27.5. The topological polar surface area (TPSA) is 52.6 Å².